The Morgan fingerprint density at radius 2 is 2.00 bits per heavy atom. The van der Waals surface area contributed by atoms with Gasteiger partial charge in [0.05, 0.1) is 19.8 Å². The summed E-state index contributed by atoms with van der Waals surface area (Å²) in [5.74, 6) is 1.10. The second-order valence-corrected chi connectivity index (χ2v) is 6.02. The van der Waals surface area contributed by atoms with E-state index in [-0.39, 0.29) is 0 Å². The van der Waals surface area contributed by atoms with Crippen LogP contribution < -0.4 is 10.1 Å². The minimum absolute atomic E-state index is 0.425. The van der Waals surface area contributed by atoms with E-state index in [9.17, 15) is 0 Å². The molecule has 0 bridgehead atoms. The van der Waals surface area contributed by atoms with Crippen molar-refractivity contribution in [2.45, 2.75) is 26.3 Å². The van der Waals surface area contributed by atoms with Crippen LogP contribution in [0.15, 0.2) is 12.1 Å². The molecule has 1 aromatic carbocycles. The molecule has 1 saturated heterocycles. The Morgan fingerprint density at radius 3 is 2.81 bits per heavy atom. The predicted octanol–water partition coefficient (Wildman–Crippen LogP) is 2.05. The lowest BCUT2D eigenvalue weighted by molar-refractivity contribution is 0.0379. The molecule has 1 atom stereocenters. The molecule has 21 heavy (non-hydrogen) atoms. The SMILES string of the molecule is Cc1ccc2c(c1C)OCCC2NCCN1CCOCC1. The van der Waals surface area contributed by atoms with Crippen molar-refractivity contribution in [3.05, 3.63) is 28.8 Å². The van der Waals surface area contributed by atoms with Crippen molar-refractivity contribution < 1.29 is 9.47 Å². The number of nitrogens with zero attached hydrogens (tertiary/aromatic N) is 1. The Bertz CT molecular complexity index is 484. The van der Waals surface area contributed by atoms with Crippen molar-refractivity contribution in [2.75, 3.05) is 46.0 Å². The van der Waals surface area contributed by atoms with Crippen LogP contribution in [0.25, 0.3) is 0 Å². The second-order valence-electron chi connectivity index (χ2n) is 6.02. The first-order valence-electron chi connectivity index (χ1n) is 8.02. The summed E-state index contributed by atoms with van der Waals surface area (Å²) in [6, 6.07) is 4.86. The first kappa shape index (κ1) is 14.8. The molecule has 1 fully saturated rings. The fraction of sp³-hybridized carbons (Fsp3) is 0.647. The van der Waals surface area contributed by atoms with E-state index < -0.39 is 0 Å². The number of morpholine rings is 1. The second kappa shape index (κ2) is 6.77. The van der Waals surface area contributed by atoms with Gasteiger partial charge in [-0.05, 0) is 25.0 Å². The molecule has 2 aliphatic heterocycles. The van der Waals surface area contributed by atoms with E-state index in [1.807, 2.05) is 0 Å². The largest absolute Gasteiger partial charge is 0.493 e. The molecule has 0 amide bonds. The number of ether oxygens (including phenoxy) is 2. The van der Waals surface area contributed by atoms with Crippen LogP contribution >= 0.6 is 0 Å². The van der Waals surface area contributed by atoms with Crippen molar-refractivity contribution in [2.24, 2.45) is 0 Å². The van der Waals surface area contributed by atoms with Crippen LogP contribution in [0, 0.1) is 13.8 Å². The zero-order valence-corrected chi connectivity index (χ0v) is 13.2. The first-order chi connectivity index (χ1) is 10.3. The Kier molecular flexibility index (Phi) is 4.78. The monoisotopic (exact) mass is 290 g/mol. The maximum absolute atomic E-state index is 5.89. The predicted molar refractivity (Wildman–Crippen MR) is 84.0 cm³/mol. The third-order valence-corrected chi connectivity index (χ3v) is 4.66. The molecule has 0 aliphatic carbocycles. The molecule has 4 nitrogen and oxygen atoms in total. The van der Waals surface area contributed by atoms with E-state index >= 15 is 0 Å². The van der Waals surface area contributed by atoms with E-state index in [1.165, 1.54) is 16.7 Å². The number of fused-ring (bicyclic) bond motifs is 1. The maximum Gasteiger partial charge on any atom is 0.127 e. The Balaban J connectivity index is 1.59. The van der Waals surface area contributed by atoms with E-state index in [4.69, 9.17) is 9.47 Å². The Morgan fingerprint density at radius 1 is 1.19 bits per heavy atom. The average Bonchev–Trinajstić information content (AvgIpc) is 2.52. The van der Waals surface area contributed by atoms with Gasteiger partial charge in [-0.1, -0.05) is 12.1 Å². The van der Waals surface area contributed by atoms with Crippen molar-refractivity contribution in [1.82, 2.24) is 10.2 Å². The third kappa shape index (κ3) is 3.39. The van der Waals surface area contributed by atoms with Crippen molar-refractivity contribution >= 4 is 0 Å². The van der Waals surface area contributed by atoms with E-state index in [1.54, 1.807) is 0 Å². The standard InChI is InChI=1S/C17H26N2O2/c1-13-3-4-15-16(5-10-21-17(15)14(13)2)18-6-7-19-8-11-20-12-9-19/h3-4,16,18H,5-12H2,1-2H3. The molecule has 4 heteroatoms. The topological polar surface area (TPSA) is 33.7 Å². The highest BCUT2D eigenvalue weighted by molar-refractivity contribution is 5.47. The number of nitrogens with one attached hydrogen (secondary N) is 1. The van der Waals surface area contributed by atoms with E-state index in [2.05, 4.69) is 36.2 Å². The number of aryl methyl sites for hydroxylation is 1. The molecular formula is C17H26N2O2. The summed E-state index contributed by atoms with van der Waals surface area (Å²) in [4.78, 5) is 2.47. The highest BCUT2D eigenvalue weighted by Crippen LogP contribution is 2.35. The summed E-state index contributed by atoms with van der Waals surface area (Å²) < 4.78 is 11.3. The normalized spacial score (nSPS) is 22.7. The van der Waals surface area contributed by atoms with Crippen molar-refractivity contribution in [3.63, 3.8) is 0 Å². The van der Waals surface area contributed by atoms with Crippen LogP contribution in [0.3, 0.4) is 0 Å². The lowest BCUT2D eigenvalue weighted by Gasteiger charge is -2.31. The summed E-state index contributed by atoms with van der Waals surface area (Å²) >= 11 is 0. The van der Waals surface area contributed by atoms with Gasteiger partial charge in [-0.25, -0.2) is 0 Å². The van der Waals surface area contributed by atoms with Crippen LogP contribution in [-0.4, -0.2) is 50.9 Å². The molecule has 3 rings (SSSR count). The van der Waals surface area contributed by atoms with Gasteiger partial charge in [0.2, 0.25) is 0 Å². The minimum atomic E-state index is 0.425. The van der Waals surface area contributed by atoms with Crippen LogP contribution in [0.4, 0.5) is 0 Å². The maximum atomic E-state index is 5.89. The van der Waals surface area contributed by atoms with Crippen LogP contribution in [0.1, 0.15) is 29.2 Å². The molecule has 1 unspecified atom stereocenters. The van der Waals surface area contributed by atoms with E-state index in [0.29, 0.717) is 6.04 Å². The van der Waals surface area contributed by atoms with Gasteiger partial charge in [0, 0.05) is 44.2 Å². The van der Waals surface area contributed by atoms with E-state index in [0.717, 1.165) is 58.2 Å². The zero-order chi connectivity index (χ0) is 14.7. The molecule has 0 spiro atoms. The Hall–Kier alpha value is -1.10. The minimum Gasteiger partial charge on any atom is -0.493 e. The average molecular weight is 290 g/mol. The number of hydrogen-bond acceptors (Lipinski definition) is 4. The van der Waals surface area contributed by atoms with Crippen LogP contribution in [-0.2, 0) is 4.74 Å². The summed E-state index contributed by atoms with van der Waals surface area (Å²) in [5, 5.41) is 3.71. The quantitative estimate of drug-likeness (QED) is 0.920. The van der Waals surface area contributed by atoms with Crippen LogP contribution in [0.2, 0.25) is 0 Å². The summed E-state index contributed by atoms with van der Waals surface area (Å²) in [6.45, 7) is 11.1. The molecule has 2 aliphatic rings. The lowest BCUT2D eigenvalue weighted by atomic mass is 9.95. The summed E-state index contributed by atoms with van der Waals surface area (Å²) in [7, 11) is 0. The van der Waals surface area contributed by atoms with Gasteiger partial charge in [-0.15, -0.1) is 0 Å². The highest BCUT2D eigenvalue weighted by atomic mass is 16.5. The summed E-state index contributed by atoms with van der Waals surface area (Å²) in [5.41, 5.74) is 3.92. The number of rotatable bonds is 4. The Labute approximate surface area is 127 Å². The molecule has 0 saturated carbocycles. The lowest BCUT2D eigenvalue weighted by Crippen LogP contribution is -2.41. The molecule has 2 heterocycles. The fourth-order valence-electron chi connectivity index (χ4n) is 3.15. The molecule has 116 valence electrons. The van der Waals surface area contributed by atoms with Gasteiger partial charge in [0.25, 0.3) is 0 Å². The summed E-state index contributed by atoms with van der Waals surface area (Å²) in [6.07, 6.45) is 1.05. The van der Waals surface area contributed by atoms with Gasteiger partial charge >= 0.3 is 0 Å². The molecular weight excluding hydrogens is 264 g/mol. The molecule has 0 aromatic heterocycles. The van der Waals surface area contributed by atoms with Crippen molar-refractivity contribution in [3.8, 4) is 5.75 Å². The molecule has 1 N–H and O–H groups in total. The third-order valence-electron chi connectivity index (χ3n) is 4.66. The van der Waals surface area contributed by atoms with Crippen LogP contribution in [0.5, 0.6) is 5.75 Å². The number of hydrogen-bond donors (Lipinski definition) is 1. The van der Waals surface area contributed by atoms with Gasteiger partial charge < -0.3 is 14.8 Å². The molecule has 0 radical (unpaired) electrons. The highest BCUT2D eigenvalue weighted by Gasteiger charge is 2.23. The number of benzene rings is 1. The first-order valence-corrected chi connectivity index (χ1v) is 8.02. The van der Waals surface area contributed by atoms with Gasteiger partial charge in [0.1, 0.15) is 5.75 Å². The molecule has 1 aromatic rings. The smallest absolute Gasteiger partial charge is 0.127 e. The van der Waals surface area contributed by atoms with Gasteiger partial charge in [0.15, 0.2) is 0 Å². The fourth-order valence-corrected chi connectivity index (χ4v) is 3.15. The van der Waals surface area contributed by atoms with Gasteiger partial charge in [-0.2, -0.15) is 0 Å². The van der Waals surface area contributed by atoms with Crippen molar-refractivity contribution in [1.29, 1.82) is 0 Å². The van der Waals surface area contributed by atoms with Gasteiger partial charge in [-0.3, -0.25) is 4.90 Å². The zero-order valence-electron chi connectivity index (χ0n) is 13.2.